The lowest BCUT2D eigenvalue weighted by Crippen LogP contribution is -2.40. The normalized spacial score (nSPS) is 29.5. The lowest BCUT2D eigenvalue weighted by atomic mass is 10.1. The molecule has 2 atom stereocenters. The van der Waals surface area contributed by atoms with Gasteiger partial charge in [0.05, 0.1) is 11.7 Å². The Hall–Kier alpha value is -0.0800. The number of hydrogen-bond donors (Lipinski definition) is 1. The molecular formula is C11H23NO. The van der Waals surface area contributed by atoms with E-state index in [-0.39, 0.29) is 5.60 Å². The van der Waals surface area contributed by atoms with Crippen molar-refractivity contribution < 1.29 is 4.74 Å². The third kappa shape index (κ3) is 2.96. The van der Waals surface area contributed by atoms with Crippen LogP contribution in [0.1, 0.15) is 46.5 Å². The summed E-state index contributed by atoms with van der Waals surface area (Å²) in [7, 11) is 2.03. The van der Waals surface area contributed by atoms with Crippen molar-refractivity contribution in [1.82, 2.24) is 5.32 Å². The third-order valence-corrected chi connectivity index (χ3v) is 3.15. The topological polar surface area (TPSA) is 21.3 Å². The van der Waals surface area contributed by atoms with Gasteiger partial charge in [-0.1, -0.05) is 6.92 Å². The molecule has 1 N–H and O–H groups in total. The van der Waals surface area contributed by atoms with E-state index < -0.39 is 0 Å². The van der Waals surface area contributed by atoms with Gasteiger partial charge in [-0.25, -0.2) is 0 Å². The van der Waals surface area contributed by atoms with Crippen LogP contribution in [0.25, 0.3) is 0 Å². The number of ether oxygens (including phenoxy) is 1. The fourth-order valence-electron chi connectivity index (χ4n) is 1.89. The summed E-state index contributed by atoms with van der Waals surface area (Å²) < 4.78 is 6.09. The molecule has 0 aromatic rings. The summed E-state index contributed by atoms with van der Waals surface area (Å²) in [5.74, 6) is 0. The highest BCUT2D eigenvalue weighted by Crippen LogP contribution is 2.27. The highest BCUT2D eigenvalue weighted by Gasteiger charge is 2.31. The lowest BCUT2D eigenvalue weighted by Gasteiger charge is -2.31. The summed E-state index contributed by atoms with van der Waals surface area (Å²) in [6, 6.07) is 0.575. The molecule has 1 saturated carbocycles. The fourth-order valence-corrected chi connectivity index (χ4v) is 1.89. The molecule has 2 unspecified atom stereocenters. The molecule has 0 heterocycles. The van der Waals surface area contributed by atoms with Gasteiger partial charge in [-0.15, -0.1) is 0 Å². The number of nitrogens with one attached hydrogen (secondary N) is 1. The first kappa shape index (κ1) is 11.0. The summed E-state index contributed by atoms with van der Waals surface area (Å²) in [6.45, 7) is 6.54. The molecule has 0 bridgehead atoms. The van der Waals surface area contributed by atoms with Crippen molar-refractivity contribution in [2.24, 2.45) is 0 Å². The molecule has 0 aromatic carbocycles. The zero-order valence-corrected chi connectivity index (χ0v) is 9.39. The first-order chi connectivity index (χ1) is 6.09. The fraction of sp³-hybridized carbons (Fsp3) is 1.00. The van der Waals surface area contributed by atoms with Gasteiger partial charge in [-0.05, 0) is 46.6 Å². The molecular weight excluding hydrogens is 162 g/mol. The molecule has 0 aliphatic heterocycles. The largest absolute Gasteiger partial charge is 0.371 e. The average Bonchev–Trinajstić information content (AvgIpc) is 2.51. The molecule has 13 heavy (non-hydrogen) atoms. The van der Waals surface area contributed by atoms with Crippen LogP contribution in [-0.2, 0) is 4.74 Å². The van der Waals surface area contributed by atoms with Gasteiger partial charge < -0.3 is 10.1 Å². The van der Waals surface area contributed by atoms with Crippen LogP contribution in [0, 0.1) is 0 Å². The smallest absolute Gasteiger partial charge is 0.0735 e. The number of likely N-dealkylation sites (N-methyl/N-ethyl adjacent to an activating group) is 1. The number of hydrogen-bond acceptors (Lipinski definition) is 2. The Morgan fingerprint density at radius 1 is 1.38 bits per heavy atom. The van der Waals surface area contributed by atoms with Crippen molar-refractivity contribution in [3.05, 3.63) is 0 Å². The highest BCUT2D eigenvalue weighted by atomic mass is 16.5. The minimum atomic E-state index is 0.0457. The Morgan fingerprint density at radius 2 is 2.08 bits per heavy atom. The van der Waals surface area contributed by atoms with E-state index in [0.29, 0.717) is 12.1 Å². The third-order valence-electron chi connectivity index (χ3n) is 3.15. The van der Waals surface area contributed by atoms with Gasteiger partial charge in [0.15, 0.2) is 0 Å². The van der Waals surface area contributed by atoms with Crippen molar-refractivity contribution in [3.8, 4) is 0 Å². The molecule has 1 aliphatic carbocycles. The molecule has 2 heteroatoms. The van der Waals surface area contributed by atoms with E-state index in [4.69, 9.17) is 4.74 Å². The van der Waals surface area contributed by atoms with E-state index >= 15 is 0 Å². The van der Waals surface area contributed by atoms with Gasteiger partial charge in [0.2, 0.25) is 0 Å². The van der Waals surface area contributed by atoms with Crippen LogP contribution in [0.15, 0.2) is 0 Å². The van der Waals surface area contributed by atoms with Gasteiger partial charge in [-0.3, -0.25) is 0 Å². The molecule has 0 radical (unpaired) electrons. The molecule has 0 saturated heterocycles. The standard InChI is InChI=1S/C11H23NO/c1-5-11(2,3)13-10-8-6-7-9(10)12-4/h9-10,12H,5-8H2,1-4H3. The summed E-state index contributed by atoms with van der Waals surface area (Å²) in [4.78, 5) is 0. The van der Waals surface area contributed by atoms with E-state index in [2.05, 4.69) is 26.1 Å². The van der Waals surface area contributed by atoms with Gasteiger partial charge in [-0.2, -0.15) is 0 Å². The zero-order valence-electron chi connectivity index (χ0n) is 9.39. The maximum absolute atomic E-state index is 6.09. The summed E-state index contributed by atoms with van der Waals surface area (Å²) in [6.07, 6.45) is 5.30. The van der Waals surface area contributed by atoms with E-state index in [0.717, 1.165) is 6.42 Å². The first-order valence-electron chi connectivity index (χ1n) is 5.44. The lowest BCUT2D eigenvalue weighted by molar-refractivity contribution is -0.0788. The SMILES string of the molecule is CCC(C)(C)OC1CCCC1NC. The molecule has 78 valence electrons. The first-order valence-corrected chi connectivity index (χ1v) is 5.44. The summed E-state index contributed by atoms with van der Waals surface area (Å²) in [5, 5.41) is 3.34. The van der Waals surface area contributed by atoms with E-state index in [1.165, 1.54) is 19.3 Å². The quantitative estimate of drug-likeness (QED) is 0.726. The Labute approximate surface area is 82.0 Å². The Balaban J connectivity index is 2.43. The van der Waals surface area contributed by atoms with Gasteiger partial charge in [0.1, 0.15) is 0 Å². The Morgan fingerprint density at radius 3 is 2.62 bits per heavy atom. The molecule has 0 amide bonds. The Bertz CT molecular complexity index is 156. The Kier molecular flexibility index (Phi) is 3.74. The predicted octanol–water partition coefficient (Wildman–Crippen LogP) is 2.33. The second-order valence-corrected chi connectivity index (χ2v) is 4.60. The van der Waals surface area contributed by atoms with Gasteiger partial charge in [0, 0.05) is 6.04 Å². The second kappa shape index (κ2) is 4.43. The van der Waals surface area contributed by atoms with Crippen LogP contribution in [0.3, 0.4) is 0 Å². The average molecular weight is 185 g/mol. The van der Waals surface area contributed by atoms with E-state index in [1.807, 2.05) is 7.05 Å². The summed E-state index contributed by atoms with van der Waals surface area (Å²) >= 11 is 0. The van der Waals surface area contributed by atoms with Crippen LogP contribution >= 0.6 is 0 Å². The van der Waals surface area contributed by atoms with Crippen molar-refractivity contribution in [2.75, 3.05) is 7.05 Å². The highest BCUT2D eigenvalue weighted by molar-refractivity contribution is 4.85. The monoisotopic (exact) mass is 185 g/mol. The molecule has 0 spiro atoms. The van der Waals surface area contributed by atoms with Crippen LogP contribution in [-0.4, -0.2) is 24.8 Å². The maximum atomic E-state index is 6.09. The molecule has 1 fully saturated rings. The van der Waals surface area contributed by atoms with Crippen LogP contribution in [0.5, 0.6) is 0 Å². The van der Waals surface area contributed by atoms with Crippen LogP contribution < -0.4 is 5.32 Å². The maximum Gasteiger partial charge on any atom is 0.0735 e. The molecule has 0 aromatic heterocycles. The molecule has 1 rings (SSSR count). The molecule has 2 nitrogen and oxygen atoms in total. The van der Waals surface area contributed by atoms with Crippen molar-refractivity contribution >= 4 is 0 Å². The minimum Gasteiger partial charge on any atom is -0.371 e. The van der Waals surface area contributed by atoms with E-state index in [1.54, 1.807) is 0 Å². The second-order valence-electron chi connectivity index (χ2n) is 4.60. The molecule has 1 aliphatic rings. The van der Waals surface area contributed by atoms with E-state index in [9.17, 15) is 0 Å². The van der Waals surface area contributed by atoms with Crippen LogP contribution in [0.2, 0.25) is 0 Å². The predicted molar refractivity (Wildman–Crippen MR) is 55.9 cm³/mol. The van der Waals surface area contributed by atoms with Crippen molar-refractivity contribution in [2.45, 2.75) is 64.2 Å². The van der Waals surface area contributed by atoms with Gasteiger partial charge >= 0.3 is 0 Å². The summed E-state index contributed by atoms with van der Waals surface area (Å²) in [5.41, 5.74) is 0.0457. The zero-order chi connectivity index (χ0) is 9.90. The van der Waals surface area contributed by atoms with Crippen LogP contribution in [0.4, 0.5) is 0 Å². The minimum absolute atomic E-state index is 0.0457. The van der Waals surface area contributed by atoms with Crippen molar-refractivity contribution in [3.63, 3.8) is 0 Å². The van der Waals surface area contributed by atoms with Gasteiger partial charge in [0.25, 0.3) is 0 Å². The van der Waals surface area contributed by atoms with Crippen molar-refractivity contribution in [1.29, 1.82) is 0 Å². The number of rotatable bonds is 4.